The van der Waals surface area contributed by atoms with Crippen molar-refractivity contribution in [3.05, 3.63) is 88.2 Å². The summed E-state index contributed by atoms with van der Waals surface area (Å²) in [4.78, 5) is 9.23. The monoisotopic (exact) mass is 349 g/mol. The van der Waals surface area contributed by atoms with E-state index >= 15 is 0 Å². The van der Waals surface area contributed by atoms with E-state index in [1.807, 2.05) is 35.8 Å². The van der Waals surface area contributed by atoms with Crippen molar-refractivity contribution in [3.8, 4) is 11.3 Å². The van der Waals surface area contributed by atoms with Gasteiger partial charge < -0.3 is 5.32 Å². The van der Waals surface area contributed by atoms with Crippen molar-refractivity contribution in [1.82, 2.24) is 9.97 Å². The molecule has 1 N–H and O–H groups in total. The van der Waals surface area contributed by atoms with Crippen LogP contribution >= 0.6 is 22.7 Å². The summed E-state index contributed by atoms with van der Waals surface area (Å²) in [5.41, 5.74) is 3.31. The van der Waals surface area contributed by atoms with E-state index < -0.39 is 0 Å². The molecule has 0 amide bonds. The summed E-state index contributed by atoms with van der Waals surface area (Å²) in [6.45, 7) is 0. The normalized spacial score (nSPS) is 12.0. The van der Waals surface area contributed by atoms with Gasteiger partial charge in [-0.25, -0.2) is 9.97 Å². The number of benzene rings is 2. The molecule has 5 heteroatoms. The number of nitrogens with zero attached hydrogens (tertiary/aromatic N) is 2. The summed E-state index contributed by atoms with van der Waals surface area (Å²) < 4.78 is 0. The highest BCUT2D eigenvalue weighted by atomic mass is 32.1. The first-order chi connectivity index (χ1) is 11.9. The summed E-state index contributed by atoms with van der Waals surface area (Å²) in [6.07, 6.45) is 1.84. The summed E-state index contributed by atoms with van der Waals surface area (Å²) in [7, 11) is 0. The molecule has 1 unspecified atom stereocenters. The second-order valence-electron chi connectivity index (χ2n) is 5.26. The van der Waals surface area contributed by atoms with Crippen LogP contribution in [-0.4, -0.2) is 9.97 Å². The zero-order valence-corrected chi connectivity index (χ0v) is 14.4. The van der Waals surface area contributed by atoms with Crippen molar-refractivity contribution in [1.29, 1.82) is 0 Å². The molecule has 0 bridgehead atoms. The minimum Gasteiger partial charge on any atom is -0.348 e. The second-order valence-corrected chi connectivity index (χ2v) is 7.05. The Morgan fingerprint density at radius 1 is 0.875 bits per heavy atom. The van der Waals surface area contributed by atoms with Crippen LogP contribution in [0.2, 0.25) is 0 Å². The molecule has 24 heavy (non-hydrogen) atoms. The Hall–Kier alpha value is -2.50. The fraction of sp³-hybridized carbons (Fsp3) is 0.0526. The zero-order chi connectivity index (χ0) is 16.2. The van der Waals surface area contributed by atoms with Gasteiger partial charge in [0.1, 0.15) is 11.0 Å². The van der Waals surface area contributed by atoms with Crippen molar-refractivity contribution >= 4 is 27.8 Å². The molecular formula is C19H15N3S2. The number of hydrogen-bond acceptors (Lipinski definition) is 5. The third kappa shape index (κ3) is 3.22. The van der Waals surface area contributed by atoms with Gasteiger partial charge >= 0.3 is 0 Å². The Morgan fingerprint density at radius 2 is 1.62 bits per heavy atom. The van der Waals surface area contributed by atoms with E-state index in [9.17, 15) is 0 Å². The summed E-state index contributed by atoms with van der Waals surface area (Å²) in [5.74, 6) is 0. The number of rotatable bonds is 5. The molecule has 2 aromatic carbocycles. The lowest BCUT2D eigenvalue weighted by Gasteiger charge is -2.16. The van der Waals surface area contributed by atoms with Crippen LogP contribution in [0.3, 0.4) is 0 Å². The first kappa shape index (κ1) is 15.1. The molecular weight excluding hydrogens is 334 g/mol. The molecule has 2 heterocycles. The zero-order valence-electron chi connectivity index (χ0n) is 12.8. The Labute approximate surface area is 148 Å². The molecule has 1 atom stereocenters. The van der Waals surface area contributed by atoms with Gasteiger partial charge in [0, 0.05) is 22.5 Å². The van der Waals surface area contributed by atoms with Gasteiger partial charge in [0.15, 0.2) is 5.13 Å². The highest BCUT2D eigenvalue weighted by Crippen LogP contribution is 2.31. The molecule has 0 aliphatic rings. The molecule has 2 aromatic heterocycles. The van der Waals surface area contributed by atoms with E-state index in [1.165, 1.54) is 5.56 Å². The molecule has 0 fully saturated rings. The molecule has 0 aliphatic heterocycles. The summed E-state index contributed by atoms with van der Waals surface area (Å²) >= 11 is 3.27. The van der Waals surface area contributed by atoms with Gasteiger partial charge in [0.25, 0.3) is 0 Å². The van der Waals surface area contributed by atoms with Crippen LogP contribution in [0.4, 0.5) is 5.13 Å². The second kappa shape index (κ2) is 6.95. The Balaban J connectivity index is 1.63. The van der Waals surface area contributed by atoms with Crippen molar-refractivity contribution < 1.29 is 0 Å². The highest BCUT2D eigenvalue weighted by Gasteiger charge is 2.18. The molecule has 118 valence electrons. The van der Waals surface area contributed by atoms with Crippen LogP contribution in [0.1, 0.15) is 16.6 Å². The average Bonchev–Trinajstić information content (AvgIpc) is 3.33. The highest BCUT2D eigenvalue weighted by molar-refractivity contribution is 7.14. The molecule has 3 nitrogen and oxygen atoms in total. The van der Waals surface area contributed by atoms with Gasteiger partial charge in [0.2, 0.25) is 0 Å². The molecule has 0 aliphatic carbocycles. The van der Waals surface area contributed by atoms with Crippen LogP contribution in [0.15, 0.2) is 77.6 Å². The summed E-state index contributed by atoms with van der Waals surface area (Å²) in [6, 6.07) is 20.6. The number of hydrogen-bond donors (Lipinski definition) is 1. The van der Waals surface area contributed by atoms with E-state index in [2.05, 4.69) is 52.1 Å². The summed E-state index contributed by atoms with van der Waals surface area (Å²) in [5, 5.41) is 9.57. The van der Waals surface area contributed by atoms with E-state index in [-0.39, 0.29) is 6.04 Å². The maximum Gasteiger partial charge on any atom is 0.184 e. The van der Waals surface area contributed by atoms with Crippen molar-refractivity contribution in [3.63, 3.8) is 0 Å². The molecule has 4 aromatic rings. The first-order valence-electron chi connectivity index (χ1n) is 7.62. The predicted molar refractivity (Wildman–Crippen MR) is 102 cm³/mol. The fourth-order valence-electron chi connectivity index (χ4n) is 2.52. The van der Waals surface area contributed by atoms with Crippen LogP contribution < -0.4 is 5.32 Å². The number of aromatic nitrogens is 2. The maximum absolute atomic E-state index is 4.74. The van der Waals surface area contributed by atoms with Gasteiger partial charge in [-0.15, -0.1) is 22.7 Å². The molecule has 0 spiro atoms. The fourth-order valence-corrected chi connectivity index (χ4v) is 3.98. The van der Waals surface area contributed by atoms with Crippen LogP contribution in [-0.2, 0) is 0 Å². The average molecular weight is 349 g/mol. The minimum atomic E-state index is 0.0148. The van der Waals surface area contributed by atoms with Gasteiger partial charge in [-0.2, -0.15) is 0 Å². The predicted octanol–water partition coefficient (Wildman–Crippen LogP) is 5.47. The number of nitrogens with one attached hydrogen (secondary N) is 1. The maximum atomic E-state index is 4.74. The number of anilines is 1. The van der Waals surface area contributed by atoms with Crippen molar-refractivity contribution in [2.24, 2.45) is 0 Å². The van der Waals surface area contributed by atoms with Crippen LogP contribution in [0, 0.1) is 0 Å². The molecule has 0 saturated carbocycles. The lowest BCUT2D eigenvalue weighted by atomic mass is 10.1. The van der Waals surface area contributed by atoms with Gasteiger partial charge in [0.05, 0.1) is 5.69 Å². The largest absolute Gasteiger partial charge is 0.348 e. The lowest BCUT2D eigenvalue weighted by Crippen LogP contribution is -2.11. The minimum absolute atomic E-state index is 0.0148. The quantitative estimate of drug-likeness (QED) is 0.519. The molecule has 0 saturated heterocycles. The van der Waals surface area contributed by atoms with E-state index in [1.54, 1.807) is 22.7 Å². The lowest BCUT2D eigenvalue weighted by molar-refractivity contribution is 0.918. The molecule has 0 radical (unpaired) electrons. The third-order valence-corrected chi connectivity index (χ3v) is 5.29. The SMILES string of the molecule is c1ccc(-c2csc(NC(c3ccccc3)c3nccs3)n2)cc1. The van der Waals surface area contributed by atoms with E-state index in [4.69, 9.17) is 4.98 Å². The Morgan fingerprint density at radius 3 is 2.33 bits per heavy atom. The van der Waals surface area contributed by atoms with Crippen molar-refractivity contribution in [2.75, 3.05) is 5.32 Å². The van der Waals surface area contributed by atoms with Crippen LogP contribution in [0.25, 0.3) is 11.3 Å². The van der Waals surface area contributed by atoms with E-state index in [0.717, 1.165) is 21.4 Å². The Bertz CT molecular complexity index is 887. The third-order valence-electron chi connectivity index (χ3n) is 3.67. The Kier molecular flexibility index (Phi) is 4.36. The van der Waals surface area contributed by atoms with Gasteiger partial charge in [-0.3, -0.25) is 0 Å². The van der Waals surface area contributed by atoms with Crippen LogP contribution in [0.5, 0.6) is 0 Å². The van der Waals surface area contributed by atoms with E-state index in [0.29, 0.717) is 0 Å². The van der Waals surface area contributed by atoms with Crippen molar-refractivity contribution in [2.45, 2.75) is 6.04 Å². The first-order valence-corrected chi connectivity index (χ1v) is 9.38. The smallest absolute Gasteiger partial charge is 0.184 e. The number of thiazole rings is 2. The van der Waals surface area contributed by atoms with Gasteiger partial charge in [-0.1, -0.05) is 60.7 Å². The topological polar surface area (TPSA) is 37.8 Å². The van der Waals surface area contributed by atoms with Gasteiger partial charge in [-0.05, 0) is 5.56 Å². The standard InChI is InChI=1S/C19H15N3S2/c1-3-7-14(8-4-1)16-13-24-19(21-16)22-17(18-20-11-12-23-18)15-9-5-2-6-10-15/h1-13,17H,(H,21,22). The molecule has 4 rings (SSSR count).